The van der Waals surface area contributed by atoms with Gasteiger partial charge in [0.15, 0.2) is 10.9 Å². The molecular formula is C24H19F2N3O2S. The van der Waals surface area contributed by atoms with Crippen LogP contribution in [0.1, 0.15) is 41.9 Å². The van der Waals surface area contributed by atoms with Crippen LogP contribution in [0.2, 0.25) is 0 Å². The lowest BCUT2D eigenvalue weighted by Crippen LogP contribution is -2.32. The minimum absolute atomic E-state index is 0.0175. The van der Waals surface area contributed by atoms with Gasteiger partial charge in [-0.25, -0.2) is 13.8 Å². The minimum Gasteiger partial charge on any atom is -0.343 e. The van der Waals surface area contributed by atoms with E-state index in [1.807, 2.05) is 0 Å². The quantitative estimate of drug-likeness (QED) is 0.436. The molecule has 0 fully saturated rings. The molecule has 0 saturated carbocycles. The highest BCUT2D eigenvalue weighted by molar-refractivity contribution is 7.98. The SMILES string of the molecule is O=C1CCCC2=C1C(c1ccc(F)cc1)c1c(nc(SCc3ccccc3F)[nH]c1=O)N2. The van der Waals surface area contributed by atoms with E-state index in [1.54, 1.807) is 30.3 Å². The molecule has 1 atom stereocenters. The van der Waals surface area contributed by atoms with E-state index in [2.05, 4.69) is 15.3 Å². The fourth-order valence-electron chi connectivity index (χ4n) is 4.26. The summed E-state index contributed by atoms with van der Waals surface area (Å²) in [6.45, 7) is 0. The van der Waals surface area contributed by atoms with Crippen LogP contribution in [0.15, 0.2) is 69.8 Å². The molecule has 0 amide bonds. The molecule has 2 aliphatic rings. The number of anilines is 1. The molecule has 0 radical (unpaired) electrons. The summed E-state index contributed by atoms with van der Waals surface area (Å²) in [5.41, 5.74) is 2.44. The van der Waals surface area contributed by atoms with Crippen LogP contribution in [-0.2, 0) is 10.5 Å². The molecule has 1 aromatic heterocycles. The van der Waals surface area contributed by atoms with Crippen LogP contribution in [0.25, 0.3) is 0 Å². The highest BCUT2D eigenvalue weighted by Gasteiger charge is 2.37. The third-order valence-corrected chi connectivity index (χ3v) is 6.68. The van der Waals surface area contributed by atoms with Gasteiger partial charge in [-0.3, -0.25) is 9.59 Å². The van der Waals surface area contributed by atoms with Gasteiger partial charge in [0.25, 0.3) is 5.56 Å². The summed E-state index contributed by atoms with van der Waals surface area (Å²) >= 11 is 1.22. The number of nitrogens with zero attached hydrogens (tertiary/aromatic N) is 1. The second-order valence-electron chi connectivity index (χ2n) is 7.79. The number of hydrogen-bond donors (Lipinski definition) is 2. The van der Waals surface area contributed by atoms with E-state index in [1.165, 1.54) is 30.0 Å². The van der Waals surface area contributed by atoms with Crippen LogP contribution in [0, 0.1) is 11.6 Å². The Morgan fingerprint density at radius 2 is 1.81 bits per heavy atom. The predicted molar refractivity (Wildman–Crippen MR) is 119 cm³/mol. The maximum Gasteiger partial charge on any atom is 0.257 e. The molecule has 1 aliphatic carbocycles. The van der Waals surface area contributed by atoms with E-state index >= 15 is 0 Å². The average molecular weight is 451 g/mol. The van der Waals surface area contributed by atoms with E-state index in [-0.39, 0.29) is 23.0 Å². The standard InChI is InChI=1S/C24H19F2N3O2S/c25-15-10-8-13(9-11-15)19-20-17(6-3-7-18(20)30)27-22-21(19)23(31)29-24(28-22)32-12-14-4-1-2-5-16(14)26/h1-2,4-5,8-11,19H,3,6-7,12H2,(H2,27,28,29,31). The summed E-state index contributed by atoms with van der Waals surface area (Å²) < 4.78 is 27.5. The van der Waals surface area contributed by atoms with Crippen molar-refractivity contribution < 1.29 is 13.6 Å². The van der Waals surface area contributed by atoms with Gasteiger partial charge in [0.05, 0.1) is 5.56 Å². The normalized spacial score (nSPS) is 17.6. The first-order valence-electron chi connectivity index (χ1n) is 10.3. The number of carbonyl (C=O) groups excluding carboxylic acids is 1. The van der Waals surface area contributed by atoms with Crippen molar-refractivity contribution in [1.29, 1.82) is 0 Å². The Morgan fingerprint density at radius 1 is 1.03 bits per heavy atom. The Hall–Kier alpha value is -3.26. The molecule has 1 aliphatic heterocycles. The molecular weight excluding hydrogens is 432 g/mol. The van der Waals surface area contributed by atoms with Crippen LogP contribution in [0.5, 0.6) is 0 Å². The van der Waals surface area contributed by atoms with Crippen molar-refractivity contribution >= 4 is 23.4 Å². The van der Waals surface area contributed by atoms with Crippen molar-refractivity contribution in [2.45, 2.75) is 36.1 Å². The summed E-state index contributed by atoms with van der Waals surface area (Å²) in [6, 6.07) is 12.3. The van der Waals surface area contributed by atoms with E-state index in [0.717, 1.165) is 5.70 Å². The number of aromatic nitrogens is 2. The summed E-state index contributed by atoms with van der Waals surface area (Å²) in [5, 5.41) is 3.55. The lowest BCUT2D eigenvalue weighted by atomic mass is 9.76. The number of halogens is 2. The molecule has 32 heavy (non-hydrogen) atoms. The largest absolute Gasteiger partial charge is 0.343 e. The topological polar surface area (TPSA) is 74.8 Å². The molecule has 0 saturated heterocycles. The molecule has 8 heteroatoms. The van der Waals surface area contributed by atoms with Crippen LogP contribution >= 0.6 is 11.8 Å². The van der Waals surface area contributed by atoms with Crippen molar-refractivity contribution in [2.75, 3.05) is 5.32 Å². The van der Waals surface area contributed by atoms with E-state index in [9.17, 15) is 18.4 Å². The first-order valence-corrected chi connectivity index (χ1v) is 11.3. The van der Waals surface area contributed by atoms with Crippen molar-refractivity contribution in [2.24, 2.45) is 0 Å². The monoisotopic (exact) mass is 451 g/mol. The molecule has 2 aromatic carbocycles. The number of H-pyrrole nitrogens is 1. The number of hydrogen-bond acceptors (Lipinski definition) is 5. The van der Waals surface area contributed by atoms with Gasteiger partial charge in [0.1, 0.15) is 17.5 Å². The Kier molecular flexibility index (Phi) is 5.38. The fraction of sp³-hybridized carbons (Fsp3) is 0.208. The molecule has 0 bridgehead atoms. The number of Topliss-reactive ketones (excluding diaryl/α,β-unsaturated/α-hetero) is 1. The fourth-order valence-corrected chi connectivity index (χ4v) is 5.11. The maximum absolute atomic E-state index is 14.0. The van der Waals surface area contributed by atoms with Gasteiger partial charge >= 0.3 is 0 Å². The third-order valence-electron chi connectivity index (χ3n) is 5.76. The van der Waals surface area contributed by atoms with E-state index in [4.69, 9.17) is 0 Å². The molecule has 0 spiro atoms. The number of allylic oxidation sites excluding steroid dienone is 2. The first-order chi connectivity index (χ1) is 15.5. The van der Waals surface area contributed by atoms with E-state index < -0.39 is 5.92 Å². The zero-order valence-corrected chi connectivity index (χ0v) is 17.8. The first kappa shape index (κ1) is 20.6. The lowest BCUT2D eigenvalue weighted by Gasteiger charge is -2.32. The second kappa shape index (κ2) is 8.35. The average Bonchev–Trinajstić information content (AvgIpc) is 2.78. The van der Waals surface area contributed by atoms with Gasteiger partial charge in [-0.15, -0.1) is 0 Å². The highest BCUT2D eigenvalue weighted by Crippen LogP contribution is 2.43. The van der Waals surface area contributed by atoms with Crippen LogP contribution < -0.4 is 10.9 Å². The van der Waals surface area contributed by atoms with Crippen molar-refractivity contribution in [1.82, 2.24) is 9.97 Å². The Bertz CT molecular complexity index is 1300. The maximum atomic E-state index is 14.0. The van der Waals surface area contributed by atoms with Crippen molar-refractivity contribution in [3.8, 4) is 0 Å². The molecule has 2 N–H and O–H groups in total. The van der Waals surface area contributed by atoms with Gasteiger partial charge in [0.2, 0.25) is 0 Å². The summed E-state index contributed by atoms with van der Waals surface area (Å²) in [5.74, 6) is -0.646. The summed E-state index contributed by atoms with van der Waals surface area (Å²) in [6.07, 6.45) is 1.80. The van der Waals surface area contributed by atoms with E-state index in [0.29, 0.717) is 58.3 Å². The molecule has 1 unspecified atom stereocenters. The number of nitrogens with one attached hydrogen (secondary N) is 2. The summed E-state index contributed by atoms with van der Waals surface area (Å²) in [4.78, 5) is 33.3. The number of carbonyl (C=O) groups is 1. The lowest BCUT2D eigenvalue weighted by molar-refractivity contribution is -0.116. The Balaban J connectivity index is 1.56. The van der Waals surface area contributed by atoms with Gasteiger partial charge < -0.3 is 10.3 Å². The summed E-state index contributed by atoms with van der Waals surface area (Å²) in [7, 11) is 0. The predicted octanol–water partition coefficient (Wildman–Crippen LogP) is 4.90. The second-order valence-corrected chi connectivity index (χ2v) is 8.76. The number of rotatable bonds is 4. The van der Waals surface area contributed by atoms with Crippen LogP contribution in [0.3, 0.4) is 0 Å². The minimum atomic E-state index is -0.614. The van der Waals surface area contributed by atoms with Crippen LogP contribution in [0.4, 0.5) is 14.6 Å². The number of benzene rings is 2. The Labute approximate surface area is 187 Å². The zero-order valence-electron chi connectivity index (χ0n) is 17.0. The van der Waals surface area contributed by atoms with Crippen molar-refractivity contribution in [3.63, 3.8) is 0 Å². The number of aromatic amines is 1. The van der Waals surface area contributed by atoms with Crippen LogP contribution in [-0.4, -0.2) is 15.8 Å². The molecule has 5 rings (SSSR count). The zero-order chi connectivity index (χ0) is 22.2. The molecule has 162 valence electrons. The smallest absolute Gasteiger partial charge is 0.257 e. The molecule has 5 nitrogen and oxygen atoms in total. The Morgan fingerprint density at radius 3 is 2.59 bits per heavy atom. The van der Waals surface area contributed by atoms with Crippen molar-refractivity contribution in [3.05, 3.63) is 98.5 Å². The molecule has 2 heterocycles. The van der Waals surface area contributed by atoms with Gasteiger partial charge in [-0.05, 0) is 42.2 Å². The number of ketones is 1. The van der Waals surface area contributed by atoms with Gasteiger partial charge in [-0.2, -0.15) is 0 Å². The molecule has 3 aromatic rings. The number of fused-ring (bicyclic) bond motifs is 1. The van der Waals surface area contributed by atoms with Gasteiger partial charge in [-0.1, -0.05) is 42.1 Å². The third kappa shape index (κ3) is 3.75. The highest BCUT2D eigenvalue weighted by atomic mass is 32.2. The van der Waals surface area contributed by atoms with Gasteiger partial charge in [0, 0.05) is 29.4 Å². The number of thioether (sulfide) groups is 1.